The molecule has 0 aliphatic heterocycles. The monoisotopic (exact) mass is 412 g/mol. The van der Waals surface area contributed by atoms with Crippen molar-refractivity contribution in [3.8, 4) is 0 Å². The molecule has 0 saturated carbocycles. The smallest absolute Gasteiger partial charge is 0.305 e. The molecule has 0 fully saturated rings. The number of nitrogens with zero attached hydrogens (tertiary/aromatic N) is 4. The van der Waals surface area contributed by atoms with Crippen molar-refractivity contribution in [3.63, 3.8) is 0 Å². The summed E-state index contributed by atoms with van der Waals surface area (Å²) in [6, 6.07) is 5.25. The highest BCUT2D eigenvalue weighted by atomic mass is 16.4. The van der Waals surface area contributed by atoms with Crippen LogP contribution in [0.25, 0.3) is 11.0 Å². The van der Waals surface area contributed by atoms with Crippen LogP contribution in [0.2, 0.25) is 0 Å². The van der Waals surface area contributed by atoms with Crippen molar-refractivity contribution >= 4 is 22.8 Å². The van der Waals surface area contributed by atoms with Gasteiger partial charge in [-0.3, -0.25) is 25.3 Å². The lowest BCUT2D eigenvalue weighted by Crippen LogP contribution is -2.41. The molecule has 3 aromatic heterocycles. The number of rotatable bonds is 7. The first-order valence-electron chi connectivity index (χ1n) is 10.1. The molecule has 3 aromatic rings. The molecule has 0 aromatic carbocycles. The van der Waals surface area contributed by atoms with Crippen LogP contribution in [0.5, 0.6) is 0 Å². The number of carbonyl (C=O) groups is 2. The summed E-state index contributed by atoms with van der Waals surface area (Å²) in [6.45, 7) is 12.3. The third-order valence-corrected chi connectivity index (χ3v) is 4.94. The summed E-state index contributed by atoms with van der Waals surface area (Å²) < 4.78 is 7.40. The minimum absolute atomic E-state index is 0.140. The quantitative estimate of drug-likeness (QED) is 0.578. The van der Waals surface area contributed by atoms with E-state index < -0.39 is 11.8 Å². The lowest BCUT2D eigenvalue weighted by Gasteiger charge is -2.15. The molecule has 0 bridgehead atoms. The van der Waals surface area contributed by atoms with Crippen molar-refractivity contribution in [2.75, 3.05) is 13.1 Å². The lowest BCUT2D eigenvalue weighted by atomic mass is 10.1. The minimum Gasteiger partial charge on any atom is -0.454 e. The molecule has 2 N–H and O–H groups in total. The number of hydrogen-bond acceptors (Lipinski definition) is 6. The number of pyridine rings is 1. The standard InChI is InChI=1S/C21H28N6O3/c1-6-26(7-2)12-16-8-9-18(30-16)21(29)25-24-20(28)17-10-15-11-22-27(13(3)4)19(15)23-14(17)5/h8-11,13H,6-7,12H2,1-5H3,(H,24,28)(H,25,29). The molecule has 0 aliphatic carbocycles. The van der Waals surface area contributed by atoms with Crippen molar-refractivity contribution < 1.29 is 14.0 Å². The second kappa shape index (κ2) is 9.08. The summed E-state index contributed by atoms with van der Waals surface area (Å²) in [5.41, 5.74) is 6.47. The Morgan fingerprint density at radius 1 is 1.17 bits per heavy atom. The van der Waals surface area contributed by atoms with Gasteiger partial charge in [-0.05, 0) is 52.1 Å². The van der Waals surface area contributed by atoms with E-state index in [0.717, 1.165) is 24.1 Å². The number of aryl methyl sites for hydroxylation is 1. The molecule has 0 spiro atoms. The van der Waals surface area contributed by atoms with E-state index in [9.17, 15) is 9.59 Å². The Bertz CT molecular complexity index is 1050. The minimum atomic E-state index is -0.520. The second-order valence-electron chi connectivity index (χ2n) is 7.35. The SMILES string of the molecule is CCN(CC)Cc1ccc(C(=O)NNC(=O)c2cc3cnn(C(C)C)c3nc2C)o1. The number of amides is 2. The summed E-state index contributed by atoms with van der Waals surface area (Å²) >= 11 is 0. The highest BCUT2D eigenvalue weighted by molar-refractivity contribution is 6.00. The fourth-order valence-electron chi connectivity index (χ4n) is 3.17. The van der Waals surface area contributed by atoms with Gasteiger partial charge in [-0.15, -0.1) is 0 Å². The van der Waals surface area contributed by atoms with Crippen molar-refractivity contribution in [1.82, 2.24) is 30.5 Å². The second-order valence-corrected chi connectivity index (χ2v) is 7.35. The van der Waals surface area contributed by atoms with E-state index >= 15 is 0 Å². The largest absolute Gasteiger partial charge is 0.454 e. The van der Waals surface area contributed by atoms with E-state index in [2.05, 4.69) is 39.7 Å². The van der Waals surface area contributed by atoms with Crippen molar-refractivity contribution in [2.24, 2.45) is 0 Å². The summed E-state index contributed by atoms with van der Waals surface area (Å²) in [6.07, 6.45) is 1.68. The van der Waals surface area contributed by atoms with Crippen molar-refractivity contribution in [1.29, 1.82) is 0 Å². The van der Waals surface area contributed by atoms with Crippen LogP contribution in [-0.2, 0) is 6.54 Å². The van der Waals surface area contributed by atoms with E-state index in [0.29, 0.717) is 23.6 Å². The van der Waals surface area contributed by atoms with Crippen LogP contribution in [0.1, 0.15) is 66.1 Å². The maximum atomic E-state index is 12.6. The molecule has 0 unspecified atom stereocenters. The van der Waals surface area contributed by atoms with E-state index in [1.165, 1.54) is 0 Å². The van der Waals surface area contributed by atoms with Crippen LogP contribution in [0.15, 0.2) is 28.8 Å². The average molecular weight is 412 g/mol. The van der Waals surface area contributed by atoms with Crippen LogP contribution < -0.4 is 10.9 Å². The van der Waals surface area contributed by atoms with Crippen LogP contribution in [0, 0.1) is 6.92 Å². The summed E-state index contributed by atoms with van der Waals surface area (Å²) in [5.74, 6) is -0.139. The average Bonchev–Trinajstić information content (AvgIpc) is 3.36. The maximum absolute atomic E-state index is 12.6. The Morgan fingerprint density at radius 2 is 1.87 bits per heavy atom. The normalized spacial score (nSPS) is 11.4. The summed E-state index contributed by atoms with van der Waals surface area (Å²) in [4.78, 5) is 31.6. The predicted octanol–water partition coefficient (Wildman–Crippen LogP) is 2.83. The van der Waals surface area contributed by atoms with Crippen molar-refractivity contribution in [2.45, 2.75) is 47.2 Å². The maximum Gasteiger partial charge on any atom is 0.305 e. The third-order valence-electron chi connectivity index (χ3n) is 4.94. The Balaban J connectivity index is 1.66. The van der Waals surface area contributed by atoms with E-state index in [1.54, 1.807) is 36.0 Å². The zero-order valence-electron chi connectivity index (χ0n) is 18.0. The van der Waals surface area contributed by atoms with Crippen LogP contribution >= 0.6 is 0 Å². The van der Waals surface area contributed by atoms with E-state index in [4.69, 9.17) is 4.42 Å². The molecule has 9 nitrogen and oxygen atoms in total. The van der Waals surface area contributed by atoms with Crippen LogP contribution in [0.4, 0.5) is 0 Å². The number of hydrogen-bond donors (Lipinski definition) is 2. The lowest BCUT2D eigenvalue weighted by molar-refractivity contribution is 0.0828. The molecule has 30 heavy (non-hydrogen) atoms. The summed E-state index contributed by atoms with van der Waals surface area (Å²) in [5, 5.41) is 5.08. The molecular formula is C21H28N6O3. The molecule has 0 aliphatic rings. The predicted molar refractivity (Wildman–Crippen MR) is 113 cm³/mol. The molecule has 0 saturated heterocycles. The Labute approximate surface area is 175 Å². The van der Waals surface area contributed by atoms with Gasteiger partial charge in [0.2, 0.25) is 0 Å². The molecule has 0 radical (unpaired) electrons. The number of hydrazine groups is 1. The first-order valence-corrected chi connectivity index (χ1v) is 10.1. The zero-order valence-corrected chi connectivity index (χ0v) is 18.0. The van der Waals surface area contributed by atoms with Crippen LogP contribution in [-0.4, -0.2) is 44.6 Å². The molecule has 0 atom stereocenters. The molecule has 3 rings (SSSR count). The van der Waals surface area contributed by atoms with Gasteiger partial charge in [0.15, 0.2) is 11.4 Å². The highest BCUT2D eigenvalue weighted by Gasteiger charge is 2.17. The highest BCUT2D eigenvalue weighted by Crippen LogP contribution is 2.19. The number of furan rings is 1. The topological polar surface area (TPSA) is 105 Å². The van der Waals surface area contributed by atoms with Gasteiger partial charge in [-0.2, -0.15) is 5.10 Å². The van der Waals surface area contributed by atoms with Crippen LogP contribution in [0.3, 0.4) is 0 Å². The third kappa shape index (κ3) is 4.51. The van der Waals surface area contributed by atoms with Gasteiger partial charge in [-0.25, -0.2) is 9.67 Å². The van der Waals surface area contributed by atoms with Gasteiger partial charge >= 0.3 is 5.91 Å². The Kier molecular flexibility index (Phi) is 6.51. The zero-order chi connectivity index (χ0) is 21.8. The van der Waals surface area contributed by atoms with Gasteiger partial charge in [0, 0.05) is 11.4 Å². The van der Waals surface area contributed by atoms with E-state index in [-0.39, 0.29) is 11.8 Å². The Morgan fingerprint density at radius 3 is 2.53 bits per heavy atom. The molecule has 2 amide bonds. The Hall–Kier alpha value is -3.20. The van der Waals surface area contributed by atoms with Crippen molar-refractivity contribution in [3.05, 3.63) is 47.2 Å². The molecule has 9 heteroatoms. The molecule has 160 valence electrons. The van der Waals surface area contributed by atoms with Gasteiger partial charge in [-0.1, -0.05) is 13.8 Å². The van der Waals surface area contributed by atoms with Gasteiger partial charge < -0.3 is 4.42 Å². The van der Waals surface area contributed by atoms with Gasteiger partial charge in [0.1, 0.15) is 5.76 Å². The number of aromatic nitrogens is 3. The fraction of sp³-hybridized carbons (Fsp3) is 0.429. The van der Waals surface area contributed by atoms with E-state index in [1.807, 2.05) is 13.8 Å². The fourth-order valence-corrected chi connectivity index (χ4v) is 3.17. The number of nitrogens with one attached hydrogen (secondary N) is 2. The number of fused-ring (bicyclic) bond motifs is 1. The number of carbonyl (C=O) groups excluding carboxylic acids is 2. The first kappa shape index (κ1) is 21.5. The molecular weight excluding hydrogens is 384 g/mol. The molecule has 3 heterocycles. The van der Waals surface area contributed by atoms with Gasteiger partial charge in [0.05, 0.1) is 24.0 Å². The van der Waals surface area contributed by atoms with Gasteiger partial charge in [0.25, 0.3) is 5.91 Å². The summed E-state index contributed by atoms with van der Waals surface area (Å²) in [7, 11) is 0. The first-order chi connectivity index (χ1) is 14.3.